The van der Waals surface area contributed by atoms with Crippen molar-refractivity contribution in [3.63, 3.8) is 0 Å². The number of carbonyl (C=O) groups is 1. The summed E-state index contributed by atoms with van der Waals surface area (Å²) in [6.45, 7) is 3.06. The molecule has 0 spiro atoms. The van der Waals surface area contributed by atoms with E-state index in [-0.39, 0.29) is 23.3 Å². The Hall–Kier alpha value is -1.44. The molecule has 1 aliphatic heterocycles. The zero-order chi connectivity index (χ0) is 18.0. The third-order valence-corrected chi connectivity index (χ3v) is 6.58. The number of carbonyl (C=O) groups excluding carboxylic acids is 1. The molecule has 7 heteroatoms. The number of nitrogens with one attached hydrogen (secondary N) is 1. The first-order valence-corrected chi connectivity index (χ1v) is 10.4. The van der Waals surface area contributed by atoms with Crippen molar-refractivity contribution in [3.05, 3.63) is 29.3 Å². The van der Waals surface area contributed by atoms with Crippen LogP contribution in [-0.2, 0) is 27.8 Å². The molecule has 6 nitrogen and oxygen atoms in total. The molecular formula is C18H26N2O4S. The Morgan fingerprint density at radius 1 is 1.36 bits per heavy atom. The quantitative estimate of drug-likeness (QED) is 0.797. The third-order valence-electron chi connectivity index (χ3n) is 5.12. The van der Waals surface area contributed by atoms with Gasteiger partial charge in [-0.15, -0.1) is 0 Å². The van der Waals surface area contributed by atoms with Gasteiger partial charge in [-0.1, -0.05) is 12.5 Å². The summed E-state index contributed by atoms with van der Waals surface area (Å²) in [6.07, 6.45) is 3.66. The topological polar surface area (TPSA) is 86.7 Å². The van der Waals surface area contributed by atoms with E-state index in [1.165, 1.54) is 0 Å². The van der Waals surface area contributed by atoms with Crippen molar-refractivity contribution in [2.24, 2.45) is 5.92 Å². The van der Waals surface area contributed by atoms with Crippen molar-refractivity contribution in [2.75, 3.05) is 13.1 Å². The average Bonchev–Trinajstić information content (AvgIpc) is 2.51. The number of benzene rings is 1. The second-order valence-electron chi connectivity index (χ2n) is 7.10. The molecule has 0 aromatic heterocycles. The number of amides is 1. The minimum absolute atomic E-state index is 0.194. The summed E-state index contributed by atoms with van der Waals surface area (Å²) >= 11 is 0. The van der Waals surface area contributed by atoms with Crippen LogP contribution in [0.1, 0.15) is 43.7 Å². The van der Waals surface area contributed by atoms with E-state index >= 15 is 0 Å². The van der Waals surface area contributed by atoms with Gasteiger partial charge < -0.3 is 10.0 Å². The van der Waals surface area contributed by atoms with Crippen LogP contribution in [0.3, 0.4) is 0 Å². The SMILES string of the molecule is CC(O)CCNS(=O)(=O)c1ccc2c(c1)CCN(C(=O)C1CCC1)C2. The van der Waals surface area contributed by atoms with Gasteiger partial charge in [0.1, 0.15) is 0 Å². The molecule has 1 atom stereocenters. The number of fused-ring (bicyclic) bond motifs is 1. The number of rotatable bonds is 6. The van der Waals surface area contributed by atoms with E-state index < -0.39 is 16.1 Å². The van der Waals surface area contributed by atoms with Gasteiger partial charge >= 0.3 is 0 Å². The van der Waals surface area contributed by atoms with E-state index in [0.29, 0.717) is 25.9 Å². The molecule has 2 aliphatic rings. The standard InChI is InChI=1S/C18H26N2O4S/c1-13(21)7-9-19-25(23,24)17-6-5-16-12-20(10-8-15(16)11-17)18(22)14-3-2-4-14/h5-6,11,13-14,19,21H,2-4,7-10,12H2,1H3. The van der Waals surface area contributed by atoms with Crippen LogP contribution < -0.4 is 4.72 Å². The van der Waals surface area contributed by atoms with Crippen molar-refractivity contribution < 1.29 is 18.3 Å². The lowest BCUT2D eigenvalue weighted by molar-refractivity contribution is -0.139. The van der Waals surface area contributed by atoms with Crippen LogP contribution in [0.2, 0.25) is 0 Å². The molecule has 1 unspecified atom stereocenters. The summed E-state index contributed by atoms with van der Waals surface area (Å²) in [4.78, 5) is 14.5. The summed E-state index contributed by atoms with van der Waals surface area (Å²) in [7, 11) is -3.57. The van der Waals surface area contributed by atoms with Gasteiger partial charge in [0.25, 0.3) is 0 Å². The molecule has 1 fully saturated rings. The van der Waals surface area contributed by atoms with Gasteiger partial charge in [-0.25, -0.2) is 13.1 Å². The highest BCUT2D eigenvalue weighted by molar-refractivity contribution is 7.89. The number of aliphatic hydroxyl groups is 1. The van der Waals surface area contributed by atoms with Gasteiger partial charge in [0, 0.05) is 25.6 Å². The second kappa shape index (κ2) is 7.43. The molecule has 0 saturated heterocycles. The highest BCUT2D eigenvalue weighted by Gasteiger charge is 2.31. The van der Waals surface area contributed by atoms with Gasteiger partial charge in [-0.3, -0.25) is 4.79 Å². The Morgan fingerprint density at radius 3 is 2.76 bits per heavy atom. The van der Waals surface area contributed by atoms with Crippen molar-refractivity contribution in [3.8, 4) is 0 Å². The van der Waals surface area contributed by atoms with Crippen LogP contribution >= 0.6 is 0 Å². The molecule has 1 heterocycles. The predicted octanol–water partition coefficient (Wildman–Crippen LogP) is 1.42. The number of sulfonamides is 1. The van der Waals surface area contributed by atoms with E-state index in [2.05, 4.69) is 4.72 Å². The van der Waals surface area contributed by atoms with Gasteiger partial charge in [0.15, 0.2) is 0 Å². The van der Waals surface area contributed by atoms with Gasteiger partial charge in [-0.2, -0.15) is 0 Å². The van der Waals surface area contributed by atoms with E-state index in [0.717, 1.165) is 30.4 Å². The lowest BCUT2D eigenvalue weighted by Crippen LogP contribution is -2.41. The Labute approximate surface area is 149 Å². The summed E-state index contributed by atoms with van der Waals surface area (Å²) in [5.41, 5.74) is 2.03. The minimum Gasteiger partial charge on any atom is -0.393 e. The van der Waals surface area contributed by atoms with E-state index in [4.69, 9.17) is 0 Å². The number of aliphatic hydroxyl groups excluding tert-OH is 1. The van der Waals surface area contributed by atoms with E-state index in [9.17, 15) is 18.3 Å². The number of hydrogen-bond acceptors (Lipinski definition) is 4. The molecule has 1 aromatic rings. The first kappa shape index (κ1) is 18.4. The maximum Gasteiger partial charge on any atom is 0.240 e. The molecule has 1 amide bonds. The number of hydrogen-bond donors (Lipinski definition) is 2. The fourth-order valence-electron chi connectivity index (χ4n) is 3.28. The molecule has 25 heavy (non-hydrogen) atoms. The van der Waals surface area contributed by atoms with Crippen molar-refractivity contribution in [2.45, 2.75) is 56.6 Å². The van der Waals surface area contributed by atoms with Gasteiger partial charge in [0.2, 0.25) is 15.9 Å². The highest BCUT2D eigenvalue weighted by Crippen LogP contribution is 2.30. The maximum absolute atomic E-state index is 12.4. The normalized spacial score (nSPS) is 19.2. The van der Waals surface area contributed by atoms with Crippen LogP contribution in [0.25, 0.3) is 0 Å². The zero-order valence-electron chi connectivity index (χ0n) is 14.6. The number of nitrogens with zero attached hydrogens (tertiary/aromatic N) is 1. The van der Waals surface area contributed by atoms with Crippen molar-refractivity contribution in [1.29, 1.82) is 0 Å². The average molecular weight is 366 g/mol. The Bertz CT molecular complexity index is 741. The molecule has 2 N–H and O–H groups in total. The van der Waals surface area contributed by atoms with Crippen LogP contribution in [-0.4, -0.2) is 43.5 Å². The second-order valence-corrected chi connectivity index (χ2v) is 8.87. The first-order chi connectivity index (χ1) is 11.9. The monoisotopic (exact) mass is 366 g/mol. The molecule has 138 valence electrons. The van der Waals surface area contributed by atoms with Crippen LogP contribution in [0.5, 0.6) is 0 Å². The fraction of sp³-hybridized carbons (Fsp3) is 0.611. The summed E-state index contributed by atoms with van der Waals surface area (Å²) < 4.78 is 27.2. The van der Waals surface area contributed by atoms with Crippen molar-refractivity contribution >= 4 is 15.9 Å². The molecule has 1 saturated carbocycles. The lowest BCUT2D eigenvalue weighted by Gasteiger charge is -2.35. The summed E-state index contributed by atoms with van der Waals surface area (Å²) in [5.74, 6) is 0.438. The smallest absolute Gasteiger partial charge is 0.240 e. The fourth-order valence-corrected chi connectivity index (χ4v) is 4.38. The first-order valence-electron chi connectivity index (χ1n) is 8.95. The summed E-state index contributed by atoms with van der Waals surface area (Å²) in [5, 5.41) is 9.24. The molecule has 0 bridgehead atoms. The molecule has 0 radical (unpaired) electrons. The predicted molar refractivity (Wildman–Crippen MR) is 94.4 cm³/mol. The van der Waals surface area contributed by atoms with Crippen molar-refractivity contribution in [1.82, 2.24) is 9.62 Å². The highest BCUT2D eigenvalue weighted by atomic mass is 32.2. The molecule has 1 aliphatic carbocycles. The maximum atomic E-state index is 12.4. The zero-order valence-corrected chi connectivity index (χ0v) is 15.4. The van der Waals surface area contributed by atoms with Crippen LogP contribution in [0.4, 0.5) is 0 Å². The molecule has 1 aromatic carbocycles. The molecular weight excluding hydrogens is 340 g/mol. The van der Waals surface area contributed by atoms with Crippen LogP contribution in [0, 0.1) is 5.92 Å². The largest absolute Gasteiger partial charge is 0.393 e. The van der Waals surface area contributed by atoms with E-state index in [1.807, 2.05) is 11.0 Å². The Morgan fingerprint density at radius 2 is 2.12 bits per heavy atom. The van der Waals surface area contributed by atoms with E-state index in [1.54, 1.807) is 19.1 Å². The third kappa shape index (κ3) is 4.22. The van der Waals surface area contributed by atoms with Crippen LogP contribution in [0.15, 0.2) is 23.1 Å². The Balaban J connectivity index is 1.68. The lowest BCUT2D eigenvalue weighted by atomic mass is 9.84. The summed E-state index contributed by atoms with van der Waals surface area (Å²) in [6, 6.07) is 5.13. The van der Waals surface area contributed by atoms with Gasteiger partial charge in [-0.05, 0) is 55.9 Å². The Kier molecular flexibility index (Phi) is 5.46. The van der Waals surface area contributed by atoms with Gasteiger partial charge in [0.05, 0.1) is 11.0 Å². The molecule has 3 rings (SSSR count). The minimum atomic E-state index is -3.57.